The Morgan fingerprint density at radius 2 is 1.79 bits per heavy atom. The number of nitrogens with one attached hydrogen (secondary N) is 1. The molecule has 0 radical (unpaired) electrons. The van der Waals surface area contributed by atoms with Gasteiger partial charge in [-0.3, -0.25) is 4.79 Å². The summed E-state index contributed by atoms with van der Waals surface area (Å²) in [5, 5.41) is 13.1. The van der Waals surface area contributed by atoms with Crippen LogP contribution < -0.4 is 5.32 Å². The molecule has 0 aliphatic heterocycles. The number of aromatic nitrogens is 1. The maximum atomic E-state index is 13.5. The molecule has 4 rings (SSSR count). The number of amides is 1. The highest BCUT2D eigenvalue weighted by Crippen LogP contribution is 2.27. The van der Waals surface area contributed by atoms with Crippen LogP contribution in [0, 0.1) is 11.2 Å². The summed E-state index contributed by atoms with van der Waals surface area (Å²) < 4.78 is 14.5. The van der Waals surface area contributed by atoms with Crippen LogP contribution in [-0.2, 0) is 21.8 Å². The predicted molar refractivity (Wildman–Crippen MR) is 154 cm³/mol. The van der Waals surface area contributed by atoms with E-state index in [9.17, 15) is 19.1 Å². The molecule has 2 N–H and O–H groups in total. The summed E-state index contributed by atoms with van der Waals surface area (Å²) in [7, 11) is 0. The van der Waals surface area contributed by atoms with Crippen LogP contribution in [0.5, 0.6) is 0 Å². The van der Waals surface area contributed by atoms with Crippen LogP contribution in [0.1, 0.15) is 43.3 Å². The standard InChI is InChI=1S/C30H31FN2O3S2/c1-30(2,3)16-27(34)32-25(29(35)36)18-37-17-19-7-9-21(10-8-19)22-6-4-5-20(13-22)14-28-33-24-15-23(31)11-12-26(24)38-28/h4-13,15,25H,14,16-18H2,1-3H3,(H,32,34)(H,35,36). The summed E-state index contributed by atoms with van der Waals surface area (Å²) >= 11 is 3.07. The van der Waals surface area contributed by atoms with Crippen LogP contribution in [0.2, 0.25) is 0 Å². The van der Waals surface area contributed by atoms with Gasteiger partial charge in [0.15, 0.2) is 0 Å². The first-order valence-electron chi connectivity index (χ1n) is 12.4. The number of hydrogen-bond donors (Lipinski definition) is 2. The summed E-state index contributed by atoms with van der Waals surface area (Å²) in [5.74, 6) is -0.588. The van der Waals surface area contributed by atoms with E-state index in [-0.39, 0.29) is 23.6 Å². The second kappa shape index (κ2) is 12.1. The Balaban J connectivity index is 1.34. The summed E-state index contributed by atoms with van der Waals surface area (Å²) in [5.41, 5.74) is 4.90. The van der Waals surface area contributed by atoms with Crippen molar-refractivity contribution in [1.82, 2.24) is 10.3 Å². The van der Waals surface area contributed by atoms with E-state index in [4.69, 9.17) is 0 Å². The van der Waals surface area contributed by atoms with Gasteiger partial charge in [0.25, 0.3) is 0 Å². The lowest BCUT2D eigenvalue weighted by atomic mass is 9.92. The molecule has 3 aromatic carbocycles. The lowest BCUT2D eigenvalue weighted by molar-refractivity contribution is -0.141. The number of carbonyl (C=O) groups excluding carboxylic acids is 1. The molecule has 1 unspecified atom stereocenters. The van der Waals surface area contributed by atoms with Crippen molar-refractivity contribution in [2.45, 2.75) is 45.4 Å². The minimum Gasteiger partial charge on any atom is -0.480 e. The summed E-state index contributed by atoms with van der Waals surface area (Å²) in [6.45, 7) is 5.84. The van der Waals surface area contributed by atoms with Crippen molar-refractivity contribution < 1.29 is 19.1 Å². The lowest BCUT2D eigenvalue weighted by Gasteiger charge is -2.20. The average molecular weight is 551 g/mol. The zero-order chi connectivity index (χ0) is 27.3. The van der Waals surface area contributed by atoms with Crippen molar-refractivity contribution in [3.05, 3.63) is 88.7 Å². The largest absolute Gasteiger partial charge is 0.480 e. The summed E-state index contributed by atoms with van der Waals surface area (Å²) in [6, 6.07) is 20.3. The maximum Gasteiger partial charge on any atom is 0.327 e. The van der Waals surface area contributed by atoms with Crippen molar-refractivity contribution >= 4 is 45.2 Å². The van der Waals surface area contributed by atoms with Gasteiger partial charge in [0.05, 0.1) is 15.2 Å². The SMILES string of the molecule is CC(C)(C)CC(=O)NC(CSCc1ccc(-c2cccc(Cc3nc4cc(F)ccc4s3)c2)cc1)C(=O)O. The van der Waals surface area contributed by atoms with Crippen LogP contribution in [-0.4, -0.2) is 33.8 Å². The number of benzene rings is 3. The second-order valence-corrected chi connectivity index (χ2v) is 12.7. The molecule has 8 heteroatoms. The van der Waals surface area contributed by atoms with E-state index in [0.717, 1.165) is 32.0 Å². The fourth-order valence-electron chi connectivity index (χ4n) is 4.05. The molecule has 198 valence electrons. The van der Waals surface area contributed by atoms with Crippen molar-refractivity contribution in [1.29, 1.82) is 0 Å². The van der Waals surface area contributed by atoms with Gasteiger partial charge in [-0.15, -0.1) is 11.3 Å². The number of hydrogen-bond acceptors (Lipinski definition) is 5. The van der Waals surface area contributed by atoms with Gasteiger partial charge in [-0.25, -0.2) is 14.2 Å². The fourth-order valence-corrected chi connectivity index (χ4v) is 6.04. The van der Waals surface area contributed by atoms with E-state index >= 15 is 0 Å². The first-order valence-corrected chi connectivity index (χ1v) is 14.4. The van der Waals surface area contributed by atoms with Crippen LogP contribution in [0.4, 0.5) is 4.39 Å². The molecule has 1 amide bonds. The number of nitrogens with zero attached hydrogens (tertiary/aromatic N) is 1. The first kappa shape index (κ1) is 27.8. The molecule has 1 aromatic heterocycles. The number of halogens is 1. The molecule has 5 nitrogen and oxygen atoms in total. The third-order valence-electron chi connectivity index (χ3n) is 5.84. The Bertz CT molecular complexity index is 1430. The Morgan fingerprint density at radius 1 is 1.03 bits per heavy atom. The van der Waals surface area contributed by atoms with Gasteiger partial charge in [0.1, 0.15) is 11.9 Å². The van der Waals surface area contributed by atoms with Gasteiger partial charge in [-0.2, -0.15) is 11.8 Å². The number of fused-ring (bicyclic) bond motifs is 1. The minimum absolute atomic E-state index is 0.197. The molecule has 0 aliphatic carbocycles. The predicted octanol–water partition coefficient (Wildman–Crippen LogP) is 6.93. The lowest BCUT2D eigenvalue weighted by Crippen LogP contribution is -2.43. The van der Waals surface area contributed by atoms with Crippen LogP contribution >= 0.6 is 23.1 Å². The second-order valence-electron chi connectivity index (χ2n) is 10.5. The molecule has 1 heterocycles. The quantitative estimate of drug-likeness (QED) is 0.224. The number of carboxylic acid groups (broad SMARTS) is 1. The van der Waals surface area contributed by atoms with E-state index in [1.54, 1.807) is 17.4 Å². The Labute approximate surface area is 230 Å². The van der Waals surface area contributed by atoms with Crippen molar-refractivity contribution in [3.8, 4) is 11.1 Å². The van der Waals surface area contributed by atoms with Crippen LogP contribution in [0.25, 0.3) is 21.3 Å². The molecule has 4 aromatic rings. The Kier molecular flexibility index (Phi) is 8.84. The summed E-state index contributed by atoms with van der Waals surface area (Å²) in [6.07, 6.45) is 0.964. The molecule has 0 saturated carbocycles. The Morgan fingerprint density at radius 3 is 2.50 bits per heavy atom. The molecule has 0 saturated heterocycles. The topological polar surface area (TPSA) is 79.3 Å². The van der Waals surface area contributed by atoms with Gasteiger partial charge in [0, 0.05) is 30.4 Å². The molecular formula is C30H31FN2O3S2. The van der Waals surface area contributed by atoms with Gasteiger partial charge in [0.2, 0.25) is 5.91 Å². The third-order valence-corrected chi connectivity index (χ3v) is 7.98. The molecular weight excluding hydrogens is 519 g/mol. The molecule has 0 bridgehead atoms. The maximum absolute atomic E-state index is 13.5. The van der Waals surface area contributed by atoms with Gasteiger partial charge in [-0.05, 0) is 39.8 Å². The molecule has 0 aliphatic rings. The molecule has 38 heavy (non-hydrogen) atoms. The minimum atomic E-state index is -1.02. The van der Waals surface area contributed by atoms with E-state index in [1.165, 1.54) is 23.9 Å². The average Bonchev–Trinajstić information content (AvgIpc) is 3.24. The zero-order valence-corrected chi connectivity index (χ0v) is 23.3. The highest BCUT2D eigenvalue weighted by molar-refractivity contribution is 7.98. The number of rotatable bonds is 10. The molecule has 0 fully saturated rings. The highest BCUT2D eigenvalue weighted by Gasteiger charge is 2.23. The normalized spacial score (nSPS) is 12.4. The van der Waals surface area contributed by atoms with Gasteiger partial charge < -0.3 is 10.4 Å². The Hall–Kier alpha value is -3.23. The van der Waals surface area contributed by atoms with Crippen molar-refractivity contribution in [3.63, 3.8) is 0 Å². The zero-order valence-electron chi connectivity index (χ0n) is 21.7. The van der Waals surface area contributed by atoms with Crippen molar-refractivity contribution in [2.75, 3.05) is 5.75 Å². The molecule has 1 atom stereocenters. The summed E-state index contributed by atoms with van der Waals surface area (Å²) in [4.78, 5) is 28.3. The number of carbonyl (C=O) groups is 2. The monoisotopic (exact) mass is 550 g/mol. The molecule has 0 spiro atoms. The van der Waals surface area contributed by atoms with Crippen LogP contribution in [0.15, 0.2) is 66.7 Å². The van der Waals surface area contributed by atoms with Gasteiger partial charge in [-0.1, -0.05) is 69.3 Å². The number of thioether (sulfide) groups is 1. The highest BCUT2D eigenvalue weighted by atomic mass is 32.2. The van der Waals surface area contributed by atoms with Crippen molar-refractivity contribution in [2.24, 2.45) is 5.41 Å². The smallest absolute Gasteiger partial charge is 0.327 e. The van der Waals surface area contributed by atoms with Crippen LogP contribution in [0.3, 0.4) is 0 Å². The third kappa shape index (κ3) is 7.88. The fraction of sp³-hybridized carbons (Fsp3) is 0.300. The number of carboxylic acids is 1. The van der Waals surface area contributed by atoms with E-state index in [0.29, 0.717) is 23.4 Å². The number of thiazole rings is 1. The number of aliphatic carboxylic acids is 1. The van der Waals surface area contributed by atoms with E-state index in [1.807, 2.05) is 39.0 Å². The van der Waals surface area contributed by atoms with E-state index < -0.39 is 12.0 Å². The van der Waals surface area contributed by atoms with E-state index in [2.05, 4.69) is 40.6 Å². The van der Waals surface area contributed by atoms with Gasteiger partial charge >= 0.3 is 5.97 Å². The first-order chi connectivity index (χ1) is 18.1.